The van der Waals surface area contributed by atoms with Gasteiger partial charge in [0.05, 0.1) is 0 Å². The molecule has 0 aromatic heterocycles. The number of nitrogens with one attached hydrogen (secondary N) is 2. The van der Waals surface area contributed by atoms with Gasteiger partial charge in [0, 0.05) is 24.6 Å². The van der Waals surface area contributed by atoms with Crippen molar-refractivity contribution >= 4 is 18.3 Å². The monoisotopic (exact) mass is 292 g/mol. The first-order valence-electron chi connectivity index (χ1n) is 5.91. The van der Waals surface area contributed by atoms with Crippen LogP contribution < -0.4 is 10.6 Å². The number of hydrogen-bond donors (Lipinski definition) is 2. The molecule has 0 saturated carbocycles. The second-order valence-corrected chi connectivity index (χ2v) is 4.20. The van der Waals surface area contributed by atoms with E-state index in [2.05, 4.69) is 10.6 Å². The fourth-order valence-electron chi connectivity index (χ4n) is 1.65. The molecule has 0 spiro atoms. The quantitative estimate of drug-likeness (QED) is 0.841. The summed E-state index contributed by atoms with van der Waals surface area (Å²) < 4.78 is 26.6. The molecule has 0 radical (unpaired) electrons. The molecular formula is C13H19ClF2N2O. The molecule has 6 heteroatoms. The van der Waals surface area contributed by atoms with Gasteiger partial charge < -0.3 is 10.6 Å². The second-order valence-electron chi connectivity index (χ2n) is 4.20. The third-order valence-electron chi connectivity index (χ3n) is 2.69. The Morgan fingerprint density at radius 3 is 2.42 bits per heavy atom. The number of carbonyl (C=O) groups excluding carboxylic acids is 1. The van der Waals surface area contributed by atoms with Crippen LogP contribution >= 0.6 is 12.4 Å². The Bertz CT molecular complexity index is 395. The van der Waals surface area contributed by atoms with Crippen molar-refractivity contribution in [2.75, 3.05) is 20.1 Å². The molecule has 2 N–H and O–H groups in total. The number of halogens is 3. The summed E-state index contributed by atoms with van der Waals surface area (Å²) in [5.74, 6) is -1.44. The molecule has 0 bridgehead atoms. The summed E-state index contributed by atoms with van der Waals surface area (Å²) in [6.07, 6.45) is 0.149. The minimum atomic E-state index is -0.576. The van der Waals surface area contributed by atoms with Crippen LogP contribution in [0.1, 0.15) is 12.5 Å². The van der Waals surface area contributed by atoms with Gasteiger partial charge in [0.2, 0.25) is 5.91 Å². The number of hydrogen-bond acceptors (Lipinski definition) is 2. The van der Waals surface area contributed by atoms with Crippen molar-refractivity contribution in [2.24, 2.45) is 5.92 Å². The summed E-state index contributed by atoms with van der Waals surface area (Å²) in [6.45, 7) is 2.58. The highest BCUT2D eigenvalue weighted by atomic mass is 35.5. The van der Waals surface area contributed by atoms with Gasteiger partial charge in [0.1, 0.15) is 11.6 Å². The van der Waals surface area contributed by atoms with Crippen LogP contribution in [0.3, 0.4) is 0 Å². The van der Waals surface area contributed by atoms with E-state index >= 15 is 0 Å². The van der Waals surface area contributed by atoms with Crippen LogP contribution in [-0.4, -0.2) is 26.0 Å². The molecule has 3 nitrogen and oxygen atoms in total. The van der Waals surface area contributed by atoms with Crippen molar-refractivity contribution in [1.29, 1.82) is 0 Å². The summed E-state index contributed by atoms with van der Waals surface area (Å²) in [7, 11) is 1.76. The van der Waals surface area contributed by atoms with Gasteiger partial charge in [-0.05, 0) is 25.6 Å². The van der Waals surface area contributed by atoms with Crippen LogP contribution in [0.25, 0.3) is 0 Å². The lowest BCUT2D eigenvalue weighted by Crippen LogP contribution is -2.35. The largest absolute Gasteiger partial charge is 0.355 e. The SMILES string of the molecule is CNCC(C)C(=O)NCCc1c(F)cccc1F.Cl. The van der Waals surface area contributed by atoms with Crippen molar-refractivity contribution < 1.29 is 13.6 Å². The lowest BCUT2D eigenvalue weighted by Gasteiger charge is -2.11. The number of amides is 1. The zero-order valence-corrected chi connectivity index (χ0v) is 11.8. The highest BCUT2D eigenvalue weighted by Crippen LogP contribution is 2.12. The fourth-order valence-corrected chi connectivity index (χ4v) is 1.65. The first-order chi connectivity index (χ1) is 8.56. The third kappa shape index (κ3) is 5.53. The maximum Gasteiger partial charge on any atom is 0.224 e. The molecule has 19 heavy (non-hydrogen) atoms. The van der Waals surface area contributed by atoms with E-state index in [9.17, 15) is 13.6 Å². The average Bonchev–Trinajstić information content (AvgIpc) is 2.33. The molecule has 108 valence electrons. The Hall–Kier alpha value is -1.20. The molecule has 1 amide bonds. The molecule has 0 aliphatic carbocycles. The highest BCUT2D eigenvalue weighted by molar-refractivity contribution is 5.85. The van der Waals surface area contributed by atoms with Crippen LogP contribution in [0, 0.1) is 17.6 Å². The Kier molecular flexibility index (Phi) is 8.27. The van der Waals surface area contributed by atoms with E-state index < -0.39 is 11.6 Å². The van der Waals surface area contributed by atoms with Gasteiger partial charge in [-0.25, -0.2) is 8.78 Å². The molecule has 0 aliphatic heterocycles. The molecule has 1 atom stereocenters. The molecule has 0 heterocycles. The molecule has 1 aromatic rings. The predicted molar refractivity (Wildman–Crippen MR) is 73.4 cm³/mol. The number of carbonyl (C=O) groups is 1. The second kappa shape index (κ2) is 8.82. The van der Waals surface area contributed by atoms with E-state index in [0.29, 0.717) is 6.54 Å². The Morgan fingerprint density at radius 1 is 1.32 bits per heavy atom. The van der Waals surface area contributed by atoms with Crippen LogP contribution in [0.4, 0.5) is 8.78 Å². The van der Waals surface area contributed by atoms with Crippen LogP contribution in [0.2, 0.25) is 0 Å². The van der Waals surface area contributed by atoms with E-state index in [-0.39, 0.29) is 42.8 Å². The first-order valence-corrected chi connectivity index (χ1v) is 5.91. The van der Waals surface area contributed by atoms with E-state index in [4.69, 9.17) is 0 Å². The lowest BCUT2D eigenvalue weighted by atomic mass is 10.1. The number of benzene rings is 1. The zero-order chi connectivity index (χ0) is 13.5. The smallest absolute Gasteiger partial charge is 0.224 e. The van der Waals surface area contributed by atoms with Crippen molar-refractivity contribution in [2.45, 2.75) is 13.3 Å². The minimum Gasteiger partial charge on any atom is -0.355 e. The van der Waals surface area contributed by atoms with Gasteiger partial charge >= 0.3 is 0 Å². The molecule has 1 unspecified atom stereocenters. The molecule has 0 fully saturated rings. The maximum atomic E-state index is 13.3. The van der Waals surface area contributed by atoms with Gasteiger partial charge in [0.15, 0.2) is 0 Å². The lowest BCUT2D eigenvalue weighted by molar-refractivity contribution is -0.124. The van der Waals surface area contributed by atoms with Crippen molar-refractivity contribution in [1.82, 2.24) is 10.6 Å². The Labute approximate surface area is 118 Å². The normalized spacial score (nSPS) is 11.6. The summed E-state index contributed by atoms with van der Waals surface area (Å²) in [5.41, 5.74) is 0.0130. The summed E-state index contributed by atoms with van der Waals surface area (Å²) in [4.78, 5) is 11.6. The standard InChI is InChI=1S/C13H18F2N2O.ClH/c1-9(8-16-2)13(18)17-7-6-10-11(14)4-3-5-12(10)15;/h3-5,9,16H,6-8H2,1-2H3,(H,17,18);1H. The molecule has 1 aromatic carbocycles. The molecule has 0 aliphatic rings. The fraction of sp³-hybridized carbons (Fsp3) is 0.462. The van der Waals surface area contributed by atoms with E-state index in [0.717, 1.165) is 0 Å². The number of rotatable bonds is 6. The third-order valence-corrected chi connectivity index (χ3v) is 2.69. The minimum absolute atomic E-state index is 0. The highest BCUT2D eigenvalue weighted by Gasteiger charge is 2.12. The van der Waals surface area contributed by atoms with Gasteiger partial charge in [-0.15, -0.1) is 12.4 Å². The zero-order valence-electron chi connectivity index (χ0n) is 11.0. The first kappa shape index (κ1) is 17.8. The van der Waals surface area contributed by atoms with E-state index in [1.54, 1.807) is 14.0 Å². The molecule has 0 saturated heterocycles. The van der Waals surface area contributed by atoms with Gasteiger partial charge in [0.25, 0.3) is 0 Å². The van der Waals surface area contributed by atoms with Crippen LogP contribution in [-0.2, 0) is 11.2 Å². The molecule has 1 rings (SSSR count). The summed E-state index contributed by atoms with van der Waals surface area (Å²) in [6, 6.07) is 3.75. The van der Waals surface area contributed by atoms with Crippen molar-refractivity contribution in [3.63, 3.8) is 0 Å². The average molecular weight is 293 g/mol. The van der Waals surface area contributed by atoms with Crippen molar-refractivity contribution in [3.05, 3.63) is 35.4 Å². The van der Waals surface area contributed by atoms with Crippen molar-refractivity contribution in [3.8, 4) is 0 Å². The van der Waals surface area contributed by atoms with Gasteiger partial charge in [-0.3, -0.25) is 4.79 Å². The Morgan fingerprint density at radius 2 is 1.89 bits per heavy atom. The maximum absolute atomic E-state index is 13.3. The van der Waals surface area contributed by atoms with Gasteiger partial charge in [-0.2, -0.15) is 0 Å². The van der Waals surface area contributed by atoms with E-state index in [1.807, 2.05) is 0 Å². The Balaban J connectivity index is 0.00000324. The predicted octanol–water partition coefficient (Wildman–Crippen LogP) is 1.90. The molecular weight excluding hydrogens is 274 g/mol. The van der Waals surface area contributed by atoms with Gasteiger partial charge in [-0.1, -0.05) is 13.0 Å². The summed E-state index contributed by atoms with van der Waals surface area (Å²) in [5, 5.41) is 5.55. The topological polar surface area (TPSA) is 41.1 Å². The van der Waals surface area contributed by atoms with E-state index in [1.165, 1.54) is 18.2 Å². The summed E-state index contributed by atoms with van der Waals surface area (Å²) >= 11 is 0. The van der Waals surface area contributed by atoms with Crippen LogP contribution in [0.15, 0.2) is 18.2 Å². The van der Waals surface area contributed by atoms with Crippen LogP contribution in [0.5, 0.6) is 0 Å².